The zero-order valence-electron chi connectivity index (χ0n) is 17.5. The first-order valence-electron chi connectivity index (χ1n) is 10.3. The van der Waals surface area contributed by atoms with Crippen molar-refractivity contribution in [3.8, 4) is 5.75 Å². The van der Waals surface area contributed by atoms with Gasteiger partial charge in [0.15, 0.2) is 5.13 Å². The lowest BCUT2D eigenvalue weighted by Crippen LogP contribution is -2.20. The van der Waals surface area contributed by atoms with Crippen LogP contribution in [-0.4, -0.2) is 29.5 Å². The van der Waals surface area contributed by atoms with Crippen LogP contribution in [0, 0.1) is 0 Å². The molecule has 1 aromatic heterocycles. The Hall–Kier alpha value is -3.26. The van der Waals surface area contributed by atoms with Crippen molar-refractivity contribution in [1.29, 1.82) is 0 Å². The van der Waals surface area contributed by atoms with E-state index in [4.69, 9.17) is 10.5 Å². The Morgan fingerprint density at radius 2 is 2.03 bits per heavy atom. The summed E-state index contributed by atoms with van der Waals surface area (Å²) >= 11 is 1.37. The van der Waals surface area contributed by atoms with Crippen LogP contribution in [0.2, 0.25) is 0 Å². The smallest absolute Gasteiger partial charge is 0.244 e. The third-order valence-electron chi connectivity index (χ3n) is 4.61. The third-order valence-corrected chi connectivity index (χ3v) is 5.46. The fourth-order valence-electron chi connectivity index (χ4n) is 3.06. The Balaban J connectivity index is 1.52. The van der Waals surface area contributed by atoms with Crippen LogP contribution in [-0.2, 0) is 11.2 Å². The molecule has 0 bridgehead atoms. The summed E-state index contributed by atoms with van der Waals surface area (Å²) < 4.78 is 6.69. The maximum absolute atomic E-state index is 12.5. The highest BCUT2D eigenvalue weighted by Gasteiger charge is 2.11. The predicted molar refractivity (Wildman–Crippen MR) is 125 cm³/mol. The summed E-state index contributed by atoms with van der Waals surface area (Å²) in [4.78, 5) is 28.9. The molecule has 31 heavy (non-hydrogen) atoms. The largest absolute Gasteiger partial charge is 0.493 e. The first-order valence-corrected chi connectivity index (χ1v) is 11.1. The van der Waals surface area contributed by atoms with Crippen molar-refractivity contribution in [3.05, 3.63) is 53.6 Å². The summed E-state index contributed by atoms with van der Waals surface area (Å²) in [6.07, 6.45) is 5.61. The Morgan fingerprint density at radius 3 is 2.87 bits per heavy atom. The van der Waals surface area contributed by atoms with Crippen LogP contribution in [0.15, 0.2) is 47.6 Å². The van der Waals surface area contributed by atoms with Gasteiger partial charge < -0.3 is 10.5 Å². The van der Waals surface area contributed by atoms with Crippen molar-refractivity contribution in [1.82, 2.24) is 10.4 Å². The van der Waals surface area contributed by atoms with Gasteiger partial charge >= 0.3 is 0 Å². The molecule has 8 heteroatoms. The molecule has 0 radical (unpaired) electrons. The molecule has 0 saturated heterocycles. The number of rotatable bonds is 11. The maximum atomic E-state index is 12.5. The number of ether oxygens (including phenoxy) is 1. The number of fused-ring (bicyclic) bond motifs is 1. The molecule has 0 spiro atoms. The van der Waals surface area contributed by atoms with Crippen molar-refractivity contribution >= 4 is 44.6 Å². The fourth-order valence-corrected chi connectivity index (χ4v) is 3.86. The highest BCUT2D eigenvalue weighted by molar-refractivity contribution is 7.22. The number of para-hydroxylation sites is 1. The standard InChI is InChI=1S/C23H26N4O3S/c1-2-3-4-7-12-30-20-9-6-5-8-17(20)19(28)15-25-27-22(29)14-16-10-11-18-21(13-16)31-23(24)26-18/h5-6,8-11,13,15H,2-4,7,12,14H2,1H3,(H2,24,26)(H,27,29)/b25-15-. The second-order valence-corrected chi connectivity index (χ2v) is 8.16. The van der Waals surface area contributed by atoms with Gasteiger partial charge in [0.2, 0.25) is 11.7 Å². The number of Topliss-reactive ketones (excluding diaryl/α,β-unsaturated/α-hetero) is 1. The van der Waals surface area contributed by atoms with E-state index in [1.54, 1.807) is 18.2 Å². The number of hydrazone groups is 1. The van der Waals surface area contributed by atoms with Gasteiger partial charge in [-0.3, -0.25) is 9.59 Å². The van der Waals surface area contributed by atoms with Crippen molar-refractivity contribution in [2.75, 3.05) is 12.3 Å². The van der Waals surface area contributed by atoms with Crippen LogP contribution in [0.3, 0.4) is 0 Å². The number of nitrogens with two attached hydrogens (primary N) is 1. The van der Waals surface area contributed by atoms with Gasteiger partial charge in [-0.1, -0.05) is 55.7 Å². The average molecular weight is 439 g/mol. The Morgan fingerprint density at radius 1 is 1.19 bits per heavy atom. The number of aromatic nitrogens is 1. The van der Waals surface area contributed by atoms with Gasteiger partial charge in [-0.25, -0.2) is 10.4 Å². The molecule has 162 valence electrons. The van der Waals surface area contributed by atoms with Gasteiger partial charge in [-0.05, 0) is 36.2 Å². The summed E-state index contributed by atoms with van der Waals surface area (Å²) in [5, 5.41) is 4.30. The molecular weight excluding hydrogens is 412 g/mol. The van der Waals surface area contributed by atoms with Gasteiger partial charge in [-0.15, -0.1) is 0 Å². The van der Waals surface area contributed by atoms with E-state index in [0.717, 1.165) is 41.3 Å². The van der Waals surface area contributed by atoms with E-state index in [0.29, 0.717) is 23.1 Å². The van der Waals surface area contributed by atoms with Gasteiger partial charge in [-0.2, -0.15) is 5.10 Å². The van der Waals surface area contributed by atoms with Crippen LogP contribution in [0.1, 0.15) is 48.5 Å². The number of thiazole rings is 1. The number of nitrogens with zero attached hydrogens (tertiary/aromatic N) is 2. The molecule has 0 aliphatic carbocycles. The Labute approximate surface area is 185 Å². The number of nitrogen functional groups attached to an aromatic ring is 1. The molecule has 3 rings (SSSR count). The van der Waals surface area contributed by atoms with Crippen LogP contribution in [0.5, 0.6) is 5.75 Å². The highest BCUT2D eigenvalue weighted by atomic mass is 32.1. The predicted octanol–water partition coefficient (Wildman–Crippen LogP) is 4.37. The van der Waals surface area contributed by atoms with Crippen molar-refractivity contribution in [2.45, 2.75) is 39.0 Å². The van der Waals surface area contributed by atoms with E-state index >= 15 is 0 Å². The first kappa shape index (κ1) is 22.4. The summed E-state index contributed by atoms with van der Waals surface area (Å²) in [5.74, 6) is -0.119. The van der Waals surface area contributed by atoms with E-state index < -0.39 is 0 Å². The summed E-state index contributed by atoms with van der Waals surface area (Å²) in [5.41, 5.74) is 10.2. The second kappa shape index (κ2) is 11.2. The molecule has 1 heterocycles. The number of benzene rings is 2. The molecule has 0 unspecified atom stereocenters. The molecule has 3 aromatic rings. The van der Waals surface area contributed by atoms with Gasteiger partial charge in [0, 0.05) is 0 Å². The molecule has 0 fully saturated rings. The van der Waals surface area contributed by atoms with E-state index in [1.165, 1.54) is 17.8 Å². The number of anilines is 1. The van der Waals surface area contributed by atoms with E-state index in [1.807, 2.05) is 24.3 Å². The Bertz CT molecular complexity index is 1080. The average Bonchev–Trinajstić information content (AvgIpc) is 3.13. The zero-order chi connectivity index (χ0) is 22.1. The molecule has 1 amide bonds. The van der Waals surface area contributed by atoms with Crippen LogP contribution in [0.25, 0.3) is 10.2 Å². The van der Waals surface area contributed by atoms with Crippen LogP contribution < -0.4 is 15.9 Å². The minimum atomic E-state index is -0.328. The zero-order valence-corrected chi connectivity index (χ0v) is 18.3. The molecular formula is C23H26N4O3S. The van der Waals surface area contributed by atoms with Crippen LogP contribution >= 0.6 is 11.3 Å². The number of hydrogen-bond acceptors (Lipinski definition) is 7. The maximum Gasteiger partial charge on any atom is 0.244 e. The normalized spacial score (nSPS) is 11.1. The molecule has 0 aliphatic heterocycles. The molecule has 3 N–H and O–H groups in total. The number of nitrogens with one attached hydrogen (secondary N) is 1. The number of carbonyl (C=O) groups excluding carboxylic acids is 2. The quantitative estimate of drug-likeness (QED) is 0.200. The summed E-state index contributed by atoms with van der Waals surface area (Å²) in [6.45, 7) is 2.72. The highest BCUT2D eigenvalue weighted by Crippen LogP contribution is 2.24. The van der Waals surface area contributed by atoms with Crippen LogP contribution in [0.4, 0.5) is 5.13 Å². The summed E-state index contributed by atoms with van der Waals surface area (Å²) in [6, 6.07) is 12.6. The van der Waals surface area contributed by atoms with E-state index in [2.05, 4.69) is 22.4 Å². The number of ketones is 1. The number of unbranched alkanes of at least 4 members (excludes halogenated alkanes) is 3. The Kier molecular flexibility index (Phi) is 8.12. The lowest BCUT2D eigenvalue weighted by Gasteiger charge is -2.09. The van der Waals surface area contributed by atoms with E-state index in [-0.39, 0.29) is 18.1 Å². The lowest BCUT2D eigenvalue weighted by atomic mass is 10.1. The molecule has 0 saturated carbocycles. The topological polar surface area (TPSA) is 107 Å². The summed E-state index contributed by atoms with van der Waals surface area (Å²) in [7, 11) is 0. The van der Waals surface area contributed by atoms with E-state index in [9.17, 15) is 9.59 Å². The molecule has 0 atom stereocenters. The van der Waals surface area contributed by atoms with Gasteiger partial charge in [0.25, 0.3) is 0 Å². The van der Waals surface area contributed by atoms with Gasteiger partial charge in [0.1, 0.15) is 5.75 Å². The third kappa shape index (κ3) is 6.62. The lowest BCUT2D eigenvalue weighted by molar-refractivity contribution is -0.120. The molecule has 2 aromatic carbocycles. The number of amides is 1. The SMILES string of the molecule is CCCCCCOc1ccccc1C(=O)/C=N\NC(=O)Cc1ccc2nc(N)sc2c1. The molecule has 0 aliphatic rings. The van der Waals surface area contributed by atoms with Gasteiger partial charge in [0.05, 0.1) is 35.0 Å². The number of carbonyl (C=O) groups is 2. The van der Waals surface area contributed by atoms with Crippen molar-refractivity contribution in [3.63, 3.8) is 0 Å². The minimum Gasteiger partial charge on any atom is -0.493 e. The second-order valence-electron chi connectivity index (χ2n) is 7.09. The van der Waals surface area contributed by atoms with Crippen molar-refractivity contribution in [2.24, 2.45) is 5.10 Å². The first-order chi connectivity index (χ1) is 15.1. The monoisotopic (exact) mass is 438 g/mol. The minimum absolute atomic E-state index is 0.136. The van der Waals surface area contributed by atoms with Crippen molar-refractivity contribution < 1.29 is 14.3 Å². The number of hydrogen-bond donors (Lipinski definition) is 2. The fraction of sp³-hybridized carbons (Fsp3) is 0.304. The molecule has 7 nitrogen and oxygen atoms in total.